The first-order chi connectivity index (χ1) is 8.22. The molecule has 5 heteroatoms. The lowest BCUT2D eigenvalue weighted by Crippen LogP contribution is -2.18. The van der Waals surface area contributed by atoms with Crippen LogP contribution in [-0.2, 0) is 6.42 Å². The van der Waals surface area contributed by atoms with Crippen molar-refractivity contribution in [1.29, 1.82) is 0 Å². The zero-order valence-corrected chi connectivity index (χ0v) is 9.60. The number of hydrogen-bond acceptors (Lipinski definition) is 4. The van der Waals surface area contributed by atoms with Crippen LogP contribution in [0.2, 0.25) is 0 Å². The van der Waals surface area contributed by atoms with Gasteiger partial charge in [0.25, 0.3) is 5.56 Å². The summed E-state index contributed by atoms with van der Waals surface area (Å²) in [5, 5.41) is 0. The predicted molar refractivity (Wildman–Crippen MR) is 66.5 cm³/mol. The Labute approximate surface area is 98.7 Å². The van der Waals surface area contributed by atoms with E-state index in [2.05, 4.69) is 15.0 Å². The minimum Gasteiger partial charge on any atom is -0.383 e. The van der Waals surface area contributed by atoms with Gasteiger partial charge in [-0.3, -0.25) is 9.78 Å². The van der Waals surface area contributed by atoms with E-state index >= 15 is 0 Å². The number of nitrogens with zero attached hydrogens (tertiary/aromatic N) is 2. The molecular formula is C12H14N4O. The number of nitrogens with one attached hydrogen (secondary N) is 1. The highest BCUT2D eigenvalue weighted by atomic mass is 16.1. The van der Waals surface area contributed by atoms with Crippen LogP contribution in [0.3, 0.4) is 0 Å². The Morgan fingerprint density at radius 3 is 2.88 bits per heavy atom. The van der Waals surface area contributed by atoms with Gasteiger partial charge in [-0.15, -0.1) is 0 Å². The van der Waals surface area contributed by atoms with Crippen LogP contribution in [-0.4, -0.2) is 15.0 Å². The number of anilines is 1. The van der Waals surface area contributed by atoms with E-state index in [0.29, 0.717) is 23.6 Å². The number of aromatic amines is 1. The van der Waals surface area contributed by atoms with E-state index in [-0.39, 0.29) is 5.56 Å². The number of hydrogen-bond donors (Lipinski definition) is 2. The van der Waals surface area contributed by atoms with Crippen LogP contribution in [0.5, 0.6) is 0 Å². The first kappa shape index (κ1) is 11.3. The molecule has 0 saturated heterocycles. The van der Waals surface area contributed by atoms with Crippen molar-refractivity contribution in [2.75, 3.05) is 5.73 Å². The van der Waals surface area contributed by atoms with Crippen LogP contribution in [0.15, 0.2) is 29.3 Å². The third-order valence-electron chi connectivity index (χ3n) is 2.48. The van der Waals surface area contributed by atoms with Crippen LogP contribution >= 0.6 is 0 Å². The van der Waals surface area contributed by atoms with E-state index < -0.39 is 0 Å². The van der Waals surface area contributed by atoms with Crippen LogP contribution < -0.4 is 11.3 Å². The molecule has 0 aliphatic rings. The van der Waals surface area contributed by atoms with E-state index in [1.165, 1.54) is 0 Å². The molecule has 0 spiro atoms. The normalized spacial score (nSPS) is 10.4. The van der Waals surface area contributed by atoms with Crippen LogP contribution in [0, 0.1) is 0 Å². The molecule has 0 bridgehead atoms. The van der Waals surface area contributed by atoms with Gasteiger partial charge < -0.3 is 10.7 Å². The molecule has 0 amide bonds. The molecule has 5 nitrogen and oxygen atoms in total. The predicted octanol–water partition coefficient (Wildman–Crippen LogP) is 1.37. The minimum atomic E-state index is -0.168. The summed E-state index contributed by atoms with van der Waals surface area (Å²) in [6.07, 6.45) is 4.80. The molecule has 2 aromatic heterocycles. The van der Waals surface area contributed by atoms with Crippen LogP contribution in [0.25, 0.3) is 11.4 Å². The number of pyridine rings is 1. The van der Waals surface area contributed by atoms with Crippen molar-refractivity contribution >= 4 is 5.82 Å². The Morgan fingerprint density at radius 1 is 1.47 bits per heavy atom. The highest BCUT2D eigenvalue weighted by Gasteiger charge is 2.09. The van der Waals surface area contributed by atoms with E-state index in [4.69, 9.17) is 5.73 Å². The van der Waals surface area contributed by atoms with Crippen molar-refractivity contribution in [2.24, 2.45) is 0 Å². The Bertz CT molecular complexity index is 562. The molecule has 0 aromatic carbocycles. The summed E-state index contributed by atoms with van der Waals surface area (Å²) in [4.78, 5) is 22.7. The van der Waals surface area contributed by atoms with Gasteiger partial charge in [-0.2, -0.15) is 0 Å². The molecule has 2 aromatic rings. The number of rotatable bonds is 3. The van der Waals surface area contributed by atoms with E-state index in [1.54, 1.807) is 18.5 Å². The summed E-state index contributed by atoms with van der Waals surface area (Å²) in [6.45, 7) is 1.99. The summed E-state index contributed by atoms with van der Waals surface area (Å²) in [5.74, 6) is 0.759. The van der Waals surface area contributed by atoms with E-state index in [1.807, 2.05) is 13.0 Å². The second-order valence-electron chi connectivity index (χ2n) is 3.77. The Kier molecular flexibility index (Phi) is 3.18. The van der Waals surface area contributed by atoms with Crippen molar-refractivity contribution in [2.45, 2.75) is 19.8 Å². The summed E-state index contributed by atoms with van der Waals surface area (Å²) in [5.41, 5.74) is 6.93. The number of H-pyrrole nitrogens is 1. The molecule has 0 aliphatic heterocycles. The average molecular weight is 230 g/mol. The van der Waals surface area contributed by atoms with Gasteiger partial charge in [0.1, 0.15) is 11.6 Å². The smallest absolute Gasteiger partial charge is 0.256 e. The Hall–Kier alpha value is -2.17. The van der Waals surface area contributed by atoms with Gasteiger partial charge in [0, 0.05) is 18.0 Å². The van der Waals surface area contributed by atoms with Crippen molar-refractivity contribution in [1.82, 2.24) is 15.0 Å². The zero-order valence-electron chi connectivity index (χ0n) is 9.60. The second kappa shape index (κ2) is 4.78. The number of nitrogens with two attached hydrogens (primary N) is 1. The molecule has 0 atom stereocenters. The molecular weight excluding hydrogens is 216 g/mol. The maximum absolute atomic E-state index is 11.8. The fourth-order valence-electron chi connectivity index (χ4n) is 1.65. The fraction of sp³-hybridized carbons (Fsp3) is 0.250. The van der Waals surface area contributed by atoms with Gasteiger partial charge in [-0.25, -0.2) is 4.98 Å². The lowest BCUT2D eigenvalue weighted by atomic mass is 10.1. The van der Waals surface area contributed by atoms with Gasteiger partial charge in [0.15, 0.2) is 0 Å². The van der Waals surface area contributed by atoms with Crippen LogP contribution in [0.4, 0.5) is 5.82 Å². The van der Waals surface area contributed by atoms with Crippen molar-refractivity contribution < 1.29 is 0 Å². The first-order valence-corrected chi connectivity index (χ1v) is 5.51. The highest BCUT2D eigenvalue weighted by Crippen LogP contribution is 2.14. The third-order valence-corrected chi connectivity index (χ3v) is 2.48. The molecule has 17 heavy (non-hydrogen) atoms. The fourth-order valence-corrected chi connectivity index (χ4v) is 1.65. The summed E-state index contributed by atoms with van der Waals surface area (Å²) < 4.78 is 0. The molecule has 0 saturated carbocycles. The average Bonchev–Trinajstić information content (AvgIpc) is 2.35. The quantitative estimate of drug-likeness (QED) is 0.833. The van der Waals surface area contributed by atoms with Crippen molar-refractivity contribution in [3.05, 3.63) is 40.4 Å². The summed E-state index contributed by atoms with van der Waals surface area (Å²) in [6, 6.07) is 3.61. The molecule has 3 N–H and O–H groups in total. The maximum atomic E-state index is 11.8. The highest BCUT2D eigenvalue weighted by molar-refractivity contribution is 5.56. The van der Waals surface area contributed by atoms with Crippen molar-refractivity contribution in [3.63, 3.8) is 0 Å². The lowest BCUT2D eigenvalue weighted by molar-refractivity contribution is 0.891. The van der Waals surface area contributed by atoms with Gasteiger partial charge in [0.2, 0.25) is 0 Å². The first-order valence-electron chi connectivity index (χ1n) is 5.51. The van der Waals surface area contributed by atoms with Gasteiger partial charge in [-0.05, 0) is 18.6 Å². The standard InChI is InChI=1S/C12H14N4O/c1-2-4-9-10(13)15-11(16-12(9)17)8-5-3-6-14-7-8/h3,5-7H,2,4H2,1H3,(H3,13,15,16,17). The zero-order chi connectivity index (χ0) is 12.3. The largest absolute Gasteiger partial charge is 0.383 e. The van der Waals surface area contributed by atoms with Gasteiger partial charge in [-0.1, -0.05) is 13.3 Å². The van der Waals surface area contributed by atoms with E-state index in [0.717, 1.165) is 12.0 Å². The molecule has 2 rings (SSSR count). The third kappa shape index (κ3) is 2.33. The number of aromatic nitrogens is 3. The Morgan fingerprint density at radius 2 is 2.29 bits per heavy atom. The summed E-state index contributed by atoms with van der Waals surface area (Å²) in [7, 11) is 0. The van der Waals surface area contributed by atoms with E-state index in [9.17, 15) is 4.79 Å². The monoisotopic (exact) mass is 230 g/mol. The van der Waals surface area contributed by atoms with Gasteiger partial charge in [0.05, 0.1) is 5.56 Å². The lowest BCUT2D eigenvalue weighted by Gasteiger charge is -2.05. The van der Waals surface area contributed by atoms with Crippen LogP contribution in [0.1, 0.15) is 18.9 Å². The maximum Gasteiger partial charge on any atom is 0.256 e. The van der Waals surface area contributed by atoms with Gasteiger partial charge >= 0.3 is 0 Å². The molecule has 0 aliphatic carbocycles. The topological polar surface area (TPSA) is 84.7 Å². The molecule has 0 radical (unpaired) electrons. The molecule has 88 valence electrons. The summed E-state index contributed by atoms with van der Waals surface area (Å²) >= 11 is 0. The molecule has 0 unspecified atom stereocenters. The minimum absolute atomic E-state index is 0.168. The Balaban J connectivity index is 2.50. The molecule has 0 fully saturated rings. The van der Waals surface area contributed by atoms with Crippen molar-refractivity contribution in [3.8, 4) is 11.4 Å². The second-order valence-corrected chi connectivity index (χ2v) is 3.77. The number of nitrogen functional groups attached to an aromatic ring is 1. The molecule has 2 heterocycles. The SMILES string of the molecule is CCCc1c(N)nc(-c2cccnc2)[nH]c1=O.